The van der Waals surface area contributed by atoms with E-state index >= 15 is 0 Å². The number of imide groups is 1. The molecule has 7 rings (SSSR count). The highest BCUT2D eigenvalue weighted by Gasteiger charge is 2.70. The molecule has 0 bridgehead atoms. The molecular formula is C29H24ClN3O6. The number of benzene rings is 3. The van der Waals surface area contributed by atoms with Gasteiger partial charge in [0.15, 0.2) is 11.5 Å². The van der Waals surface area contributed by atoms with Gasteiger partial charge in [0, 0.05) is 16.6 Å². The second-order valence-electron chi connectivity index (χ2n) is 10.4. The minimum atomic E-state index is -1.42. The number of hydrogen-bond donors (Lipinski definition) is 3. The van der Waals surface area contributed by atoms with Crippen molar-refractivity contribution in [2.24, 2.45) is 11.8 Å². The van der Waals surface area contributed by atoms with Crippen molar-refractivity contribution in [2.75, 3.05) is 12.1 Å². The summed E-state index contributed by atoms with van der Waals surface area (Å²) in [5, 5.41) is 16.6. The van der Waals surface area contributed by atoms with Crippen LogP contribution in [0.1, 0.15) is 22.3 Å². The number of halogens is 1. The molecular weight excluding hydrogens is 522 g/mol. The Balaban J connectivity index is 1.31. The van der Waals surface area contributed by atoms with Crippen molar-refractivity contribution in [1.82, 2.24) is 10.2 Å². The molecule has 4 atom stereocenters. The molecule has 3 aromatic rings. The fourth-order valence-electron chi connectivity index (χ4n) is 6.49. The van der Waals surface area contributed by atoms with Gasteiger partial charge in [0.05, 0.1) is 24.1 Å². The van der Waals surface area contributed by atoms with Gasteiger partial charge in [-0.2, -0.15) is 0 Å². The molecule has 198 valence electrons. The van der Waals surface area contributed by atoms with Crippen LogP contribution in [-0.2, 0) is 32.9 Å². The lowest BCUT2D eigenvalue weighted by Crippen LogP contribution is -2.53. The maximum atomic E-state index is 14.1. The van der Waals surface area contributed by atoms with Crippen molar-refractivity contribution in [3.05, 3.63) is 81.9 Å². The number of phenolic OH excluding ortho intramolecular Hbond substituents is 1. The van der Waals surface area contributed by atoms with Crippen LogP contribution in [0.3, 0.4) is 0 Å². The van der Waals surface area contributed by atoms with Crippen LogP contribution in [0.4, 0.5) is 5.69 Å². The Bertz CT molecular complexity index is 1570. The maximum absolute atomic E-state index is 14.1. The first kappa shape index (κ1) is 24.0. The number of likely N-dealkylation sites (tertiary alicyclic amines) is 1. The summed E-state index contributed by atoms with van der Waals surface area (Å²) in [6, 6.07) is 15.0. The smallest absolute Gasteiger partial charge is 0.250 e. The van der Waals surface area contributed by atoms with E-state index in [1.54, 1.807) is 54.6 Å². The molecule has 39 heavy (non-hydrogen) atoms. The molecule has 2 saturated heterocycles. The summed E-state index contributed by atoms with van der Waals surface area (Å²) in [6.45, 7) is 1.99. The summed E-state index contributed by atoms with van der Waals surface area (Å²) in [5.74, 6) is -1.52. The fourth-order valence-corrected chi connectivity index (χ4v) is 6.65. The van der Waals surface area contributed by atoms with Crippen LogP contribution in [0.5, 0.6) is 17.2 Å². The van der Waals surface area contributed by atoms with Crippen molar-refractivity contribution >= 4 is 35.0 Å². The number of nitrogens with one attached hydrogen (secondary N) is 2. The Kier molecular flexibility index (Phi) is 5.20. The number of carbonyl (C=O) groups excluding carboxylic acids is 3. The first-order chi connectivity index (χ1) is 18.8. The highest BCUT2D eigenvalue weighted by molar-refractivity contribution is 6.32. The van der Waals surface area contributed by atoms with E-state index in [1.165, 1.54) is 4.90 Å². The minimum Gasteiger partial charge on any atom is -0.508 e. The predicted octanol–water partition coefficient (Wildman–Crippen LogP) is 3.25. The summed E-state index contributed by atoms with van der Waals surface area (Å²) in [5.41, 5.74) is 2.04. The van der Waals surface area contributed by atoms with E-state index in [-0.39, 0.29) is 30.9 Å². The average Bonchev–Trinajstić information content (AvgIpc) is 3.65. The number of anilines is 1. The zero-order chi connectivity index (χ0) is 27.1. The average molecular weight is 546 g/mol. The van der Waals surface area contributed by atoms with Gasteiger partial charge >= 0.3 is 0 Å². The number of aromatic hydroxyl groups is 1. The van der Waals surface area contributed by atoms with Gasteiger partial charge in [0.1, 0.15) is 11.3 Å². The van der Waals surface area contributed by atoms with E-state index in [9.17, 15) is 19.5 Å². The Morgan fingerprint density at radius 3 is 2.54 bits per heavy atom. The Labute approximate surface area is 228 Å². The summed E-state index contributed by atoms with van der Waals surface area (Å²) < 4.78 is 10.9. The maximum Gasteiger partial charge on any atom is 0.250 e. The number of hydrogen-bond acceptors (Lipinski definition) is 7. The van der Waals surface area contributed by atoms with Crippen LogP contribution < -0.4 is 20.1 Å². The zero-order valence-corrected chi connectivity index (χ0v) is 21.6. The van der Waals surface area contributed by atoms with Gasteiger partial charge in [-0.05, 0) is 60.4 Å². The van der Waals surface area contributed by atoms with Crippen molar-refractivity contribution in [3.8, 4) is 17.2 Å². The lowest BCUT2D eigenvalue weighted by atomic mass is 9.76. The van der Waals surface area contributed by atoms with Gasteiger partial charge in [-0.25, -0.2) is 0 Å². The summed E-state index contributed by atoms with van der Waals surface area (Å²) in [4.78, 5) is 43.1. The van der Waals surface area contributed by atoms with Gasteiger partial charge < -0.3 is 19.9 Å². The SMILES string of the molecule is Cc1c(Cl)ccc2c1NC(=O)C21NC(Cc2ccc(O)cc2)[C@H]2C(=O)N(Cc3ccc4c(c3)OCO4)C(=O)[C@H]21. The molecule has 0 saturated carbocycles. The van der Waals surface area contributed by atoms with E-state index < -0.39 is 29.3 Å². The second-order valence-corrected chi connectivity index (χ2v) is 10.8. The number of carbonyl (C=O) groups is 3. The highest BCUT2D eigenvalue weighted by Crippen LogP contribution is 2.54. The van der Waals surface area contributed by atoms with Crippen molar-refractivity contribution in [3.63, 3.8) is 0 Å². The summed E-state index contributed by atoms with van der Waals surface area (Å²) >= 11 is 6.36. The van der Waals surface area contributed by atoms with Crippen LogP contribution >= 0.6 is 11.6 Å². The van der Waals surface area contributed by atoms with Gasteiger partial charge in [-0.1, -0.05) is 35.9 Å². The van der Waals surface area contributed by atoms with Crippen LogP contribution in [-0.4, -0.2) is 40.6 Å². The molecule has 9 nitrogen and oxygen atoms in total. The molecule has 4 heterocycles. The van der Waals surface area contributed by atoms with Crippen LogP contribution in [0, 0.1) is 18.8 Å². The Morgan fingerprint density at radius 1 is 1.00 bits per heavy atom. The van der Waals surface area contributed by atoms with Crippen molar-refractivity contribution in [2.45, 2.75) is 31.5 Å². The molecule has 4 aliphatic heterocycles. The highest BCUT2D eigenvalue weighted by atomic mass is 35.5. The number of rotatable bonds is 4. The number of phenols is 1. The molecule has 3 amide bonds. The molecule has 10 heteroatoms. The van der Waals surface area contributed by atoms with Gasteiger partial charge in [-0.15, -0.1) is 0 Å². The normalized spacial score (nSPS) is 26.4. The summed E-state index contributed by atoms with van der Waals surface area (Å²) in [6.07, 6.45) is 0.384. The molecule has 3 aromatic carbocycles. The van der Waals surface area contributed by atoms with Crippen LogP contribution in [0.25, 0.3) is 0 Å². The largest absolute Gasteiger partial charge is 0.508 e. The fraction of sp³-hybridized carbons (Fsp3) is 0.276. The van der Waals surface area contributed by atoms with Gasteiger partial charge in [-0.3, -0.25) is 24.6 Å². The third kappa shape index (κ3) is 3.39. The van der Waals surface area contributed by atoms with Crippen molar-refractivity contribution < 1.29 is 29.0 Å². The molecule has 2 unspecified atom stereocenters. The second kappa shape index (κ2) is 8.46. The van der Waals surface area contributed by atoms with Gasteiger partial charge in [0.25, 0.3) is 0 Å². The number of ether oxygens (including phenoxy) is 2. The standard InChI is InChI=1S/C29H24ClN3O6/c1-14-19(30)8-7-18-25(14)31-28(37)29(18)24-23(20(32-29)10-15-2-5-17(34)6-3-15)26(35)33(27(24)36)12-16-4-9-21-22(11-16)39-13-38-21/h2-9,11,20,23-24,32,34H,10,12-13H2,1H3,(H,31,37)/t20?,23-,24+,29?/m1/s1. The zero-order valence-electron chi connectivity index (χ0n) is 20.9. The molecule has 0 aromatic heterocycles. The number of amides is 3. The van der Waals surface area contributed by atoms with E-state index in [1.807, 2.05) is 6.92 Å². The third-order valence-electron chi connectivity index (χ3n) is 8.35. The van der Waals surface area contributed by atoms with E-state index in [4.69, 9.17) is 21.1 Å². The lowest BCUT2D eigenvalue weighted by molar-refractivity contribution is -0.143. The molecule has 3 N–H and O–H groups in total. The molecule has 0 radical (unpaired) electrons. The minimum absolute atomic E-state index is 0.0530. The first-order valence-corrected chi connectivity index (χ1v) is 13.1. The van der Waals surface area contributed by atoms with Crippen molar-refractivity contribution in [1.29, 1.82) is 0 Å². The van der Waals surface area contributed by atoms with E-state index in [2.05, 4.69) is 10.6 Å². The third-order valence-corrected chi connectivity index (χ3v) is 8.75. The molecule has 4 aliphatic rings. The monoisotopic (exact) mass is 545 g/mol. The quantitative estimate of drug-likeness (QED) is 0.431. The summed E-state index contributed by atoms with van der Waals surface area (Å²) in [7, 11) is 0. The van der Waals surface area contributed by atoms with E-state index in [0.29, 0.717) is 39.8 Å². The molecule has 1 spiro atoms. The van der Waals surface area contributed by atoms with E-state index in [0.717, 1.165) is 11.1 Å². The topological polar surface area (TPSA) is 117 Å². The first-order valence-electron chi connectivity index (χ1n) is 12.7. The van der Waals surface area contributed by atoms with Crippen LogP contribution in [0.15, 0.2) is 54.6 Å². The number of nitrogens with zero attached hydrogens (tertiary/aromatic N) is 1. The molecule has 2 fully saturated rings. The predicted molar refractivity (Wildman–Crippen MR) is 140 cm³/mol. The van der Waals surface area contributed by atoms with Crippen LogP contribution in [0.2, 0.25) is 5.02 Å². The van der Waals surface area contributed by atoms with Gasteiger partial charge in [0.2, 0.25) is 24.5 Å². The lowest BCUT2D eigenvalue weighted by Gasteiger charge is -2.29. The molecule has 0 aliphatic carbocycles. The Morgan fingerprint density at radius 2 is 1.74 bits per heavy atom. The Hall–Kier alpha value is -4.08. The number of fused-ring (bicyclic) bond motifs is 5.